The summed E-state index contributed by atoms with van der Waals surface area (Å²) in [6.07, 6.45) is 4.26. The van der Waals surface area contributed by atoms with Crippen molar-refractivity contribution in [1.29, 1.82) is 0 Å². The van der Waals surface area contributed by atoms with Gasteiger partial charge in [-0.2, -0.15) is 0 Å². The molecule has 0 unspecified atom stereocenters. The van der Waals surface area contributed by atoms with Crippen molar-refractivity contribution >= 4 is 5.91 Å². The van der Waals surface area contributed by atoms with Crippen LogP contribution in [0.4, 0.5) is 0 Å². The summed E-state index contributed by atoms with van der Waals surface area (Å²) in [6, 6.07) is 20.4. The Balaban J connectivity index is 1.91. The smallest absolute Gasteiger partial charge is 0.247 e. The molecule has 1 amide bonds. The van der Waals surface area contributed by atoms with Crippen molar-refractivity contribution in [3.63, 3.8) is 0 Å². The van der Waals surface area contributed by atoms with Gasteiger partial charge in [0, 0.05) is 13.1 Å². The molecule has 3 rings (SSSR count). The van der Waals surface area contributed by atoms with Gasteiger partial charge in [-0.05, 0) is 36.8 Å². The summed E-state index contributed by atoms with van der Waals surface area (Å²) in [7, 11) is 1.89. The lowest BCUT2D eigenvalue weighted by Gasteiger charge is -2.28. The molecule has 0 heterocycles. The maximum atomic E-state index is 12.7. The zero-order valence-electron chi connectivity index (χ0n) is 13.8. The molecule has 0 spiro atoms. The lowest BCUT2D eigenvalue weighted by molar-refractivity contribution is -0.126. The maximum absolute atomic E-state index is 12.7. The van der Waals surface area contributed by atoms with Crippen molar-refractivity contribution in [1.82, 2.24) is 4.90 Å². The highest BCUT2D eigenvalue weighted by molar-refractivity contribution is 5.88. The fourth-order valence-corrected chi connectivity index (χ4v) is 2.99. The standard InChI is InChI=1S/C21H23NO/c1-16(17-13-14-17)15-20(23)22(2)21(18-9-5-3-6-10-18)19-11-7-4-8-12-19/h3-12,15,17,21H,13-14H2,1-2H3/b16-15+. The van der Waals surface area contributed by atoms with Gasteiger partial charge < -0.3 is 4.90 Å². The van der Waals surface area contributed by atoms with Gasteiger partial charge in [0.2, 0.25) is 5.91 Å². The van der Waals surface area contributed by atoms with E-state index < -0.39 is 0 Å². The molecule has 0 aliphatic heterocycles. The lowest BCUT2D eigenvalue weighted by Crippen LogP contribution is -2.30. The van der Waals surface area contributed by atoms with Crippen molar-refractivity contribution in [2.24, 2.45) is 5.92 Å². The summed E-state index contributed by atoms with van der Waals surface area (Å²) in [5, 5.41) is 0. The molecule has 118 valence electrons. The Labute approximate surface area is 138 Å². The van der Waals surface area contributed by atoms with E-state index in [9.17, 15) is 4.79 Å². The highest BCUT2D eigenvalue weighted by atomic mass is 16.2. The molecule has 1 saturated carbocycles. The summed E-state index contributed by atoms with van der Waals surface area (Å²) in [6.45, 7) is 2.07. The van der Waals surface area contributed by atoms with Crippen LogP contribution in [0.25, 0.3) is 0 Å². The maximum Gasteiger partial charge on any atom is 0.247 e. The van der Waals surface area contributed by atoms with Crippen LogP contribution in [0.2, 0.25) is 0 Å². The van der Waals surface area contributed by atoms with Crippen LogP contribution in [0.5, 0.6) is 0 Å². The monoisotopic (exact) mass is 305 g/mol. The predicted molar refractivity (Wildman–Crippen MR) is 94.0 cm³/mol. The molecule has 0 atom stereocenters. The minimum atomic E-state index is -0.0619. The van der Waals surface area contributed by atoms with Crippen molar-refractivity contribution < 1.29 is 4.79 Å². The largest absolute Gasteiger partial charge is 0.331 e. The predicted octanol–water partition coefficient (Wildman–Crippen LogP) is 4.59. The molecule has 0 bridgehead atoms. The Bertz CT molecular complexity index is 647. The molecular weight excluding hydrogens is 282 g/mol. The number of nitrogens with zero attached hydrogens (tertiary/aromatic N) is 1. The molecule has 0 radical (unpaired) electrons. The SMILES string of the molecule is C/C(=C\C(=O)N(C)C(c1ccccc1)c1ccccc1)C1CC1. The van der Waals surface area contributed by atoms with Gasteiger partial charge in [-0.15, -0.1) is 0 Å². The van der Waals surface area contributed by atoms with E-state index in [-0.39, 0.29) is 11.9 Å². The van der Waals surface area contributed by atoms with Crippen molar-refractivity contribution in [3.8, 4) is 0 Å². The summed E-state index contributed by atoms with van der Waals surface area (Å²) >= 11 is 0. The van der Waals surface area contributed by atoms with Gasteiger partial charge >= 0.3 is 0 Å². The number of carbonyl (C=O) groups excluding carboxylic acids is 1. The number of hydrogen-bond donors (Lipinski definition) is 0. The molecule has 1 aliphatic rings. The highest BCUT2D eigenvalue weighted by Gasteiger charge is 2.26. The van der Waals surface area contributed by atoms with Crippen LogP contribution in [0.3, 0.4) is 0 Å². The van der Waals surface area contributed by atoms with E-state index in [1.165, 1.54) is 18.4 Å². The normalized spacial score (nSPS) is 14.8. The Kier molecular flexibility index (Phi) is 4.61. The van der Waals surface area contributed by atoms with E-state index in [0.29, 0.717) is 5.92 Å². The minimum Gasteiger partial charge on any atom is -0.331 e. The third-order valence-electron chi connectivity index (χ3n) is 4.54. The molecule has 2 nitrogen and oxygen atoms in total. The number of allylic oxidation sites excluding steroid dienone is 1. The van der Waals surface area contributed by atoms with Crippen LogP contribution >= 0.6 is 0 Å². The number of benzene rings is 2. The van der Waals surface area contributed by atoms with Gasteiger partial charge in [0.1, 0.15) is 0 Å². The average Bonchev–Trinajstić information content (AvgIpc) is 3.42. The van der Waals surface area contributed by atoms with Crippen LogP contribution < -0.4 is 0 Å². The molecule has 2 heteroatoms. The molecule has 2 aromatic carbocycles. The van der Waals surface area contributed by atoms with Gasteiger partial charge in [0.25, 0.3) is 0 Å². The summed E-state index contributed by atoms with van der Waals surface area (Å²) < 4.78 is 0. The number of hydrogen-bond acceptors (Lipinski definition) is 1. The second kappa shape index (κ2) is 6.82. The molecule has 1 fully saturated rings. The molecule has 1 aliphatic carbocycles. The summed E-state index contributed by atoms with van der Waals surface area (Å²) in [4.78, 5) is 14.6. The molecule has 23 heavy (non-hydrogen) atoms. The second-order valence-corrected chi connectivity index (χ2v) is 6.34. The van der Waals surface area contributed by atoms with Crippen LogP contribution in [0.1, 0.15) is 36.9 Å². The van der Waals surface area contributed by atoms with Crippen LogP contribution in [-0.4, -0.2) is 17.9 Å². The fourth-order valence-electron chi connectivity index (χ4n) is 2.99. The second-order valence-electron chi connectivity index (χ2n) is 6.34. The van der Waals surface area contributed by atoms with Gasteiger partial charge in [-0.1, -0.05) is 66.2 Å². The van der Waals surface area contributed by atoms with Crippen molar-refractivity contribution in [2.75, 3.05) is 7.05 Å². The van der Waals surface area contributed by atoms with E-state index >= 15 is 0 Å². The third-order valence-corrected chi connectivity index (χ3v) is 4.54. The van der Waals surface area contributed by atoms with Gasteiger partial charge in [0.05, 0.1) is 6.04 Å². The first-order chi connectivity index (χ1) is 11.2. The number of carbonyl (C=O) groups is 1. The van der Waals surface area contributed by atoms with Gasteiger partial charge in [-0.25, -0.2) is 0 Å². The Hall–Kier alpha value is -2.35. The zero-order chi connectivity index (χ0) is 16.2. The van der Waals surface area contributed by atoms with Gasteiger partial charge in [-0.3, -0.25) is 4.79 Å². The number of rotatable bonds is 5. The van der Waals surface area contributed by atoms with E-state index in [4.69, 9.17) is 0 Å². The van der Waals surface area contributed by atoms with Gasteiger partial charge in [0.15, 0.2) is 0 Å². The molecule has 2 aromatic rings. The van der Waals surface area contributed by atoms with E-state index in [2.05, 4.69) is 31.2 Å². The molecule has 0 N–H and O–H groups in total. The Morgan fingerprint density at radius 3 is 1.91 bits per heavy atom. The highest BCUT2D eigenvalue weighted by Crippen LogP contribution is 2.36. The first-order valence-corrected chi connectivity index (χ1v) is 8.21. The zero-order valence-corrected chi connectivity index (χ0v) is 13.8. The van der Waals surface area contributed by atoms with Crippen LogP contribution in [0.15, 0.2) is 72.3 Å². The lowest BCUT2D eigenvalue weighted by atomic mass is 9.97. The van der Waals surface area contributed by atoms with Crippen LogP contribution in [0, 0.1) is 5.92 Å². The molecular formula is C21H23NO. The fraction of sp³-hybridized carbons (Fsp3) is 0.286. The topological polar surface area (TPSA) is 20.3 Å². The van der Waals surface area contributed by atoms with Crippen molar-refractivity contribution in [3.05, 3.63) is 83.4 Å². The van der Waals surface area contributed by atoms with Crippen LogP contribution in [-0.2, 0) is 4.79 Å². The Morgan fingerprint density at radius 2 is 1.48 bits per heavy atom. The average molecular weight is 305 g/mol. The van der Waals surface area contributed by atoms with Crippen molar-refractivity contribution in [2.45, 2.75) is 25.8 Å². The third kappa shape index (κ3) is 3.70. The molecule has 0 saturated heterocycles. The summed E-state index contributed by atoms with van der Waals surface area (Å²) in [5.74, 6) is 0.700. The quantitative estimate of drug-likeness (QED) is 0.740. The summed E-state index contributed by atoms with van der Waals surface area (Å²) in [5.41, 5.74) is 3.47. The van der Waals surface area contributed by atoms with E-state index in [1.54, 1.807) is 0 Å². The Morgan fingerprint density at radius 1 is 1.00 bits per heavy atom. The number of amides is 1. The van der Waals surface area contributed by atoms with E-state index in [1.807, 2.05) is 54.4 Å². The number of likely N-dealkylation sites (N-methyl/N-ethyl adjacent to an activating group) is 1. The van der Waals surface area contributed by atoms with E-state index in [0.717, 1.165) is 11.1 Å². The molecule has 0 aromatic heterocycles. The first-order valence-electron chi connectivity index (χ1n) is 8.21. The first kappa shape index (κ1) is 15.5. The minimum absolute atomic E-state index is 0.0619.